The van der Waals surface area contributed by atoms with Crippen LogP contribution in [-0.4, -0.2) is 54.4 Å². The summed E-state index contributed by atoms with van der Waals surface area (Å²) in [5, 5.41) is 8.99. The second-order valence-electron chi connectivity index (χ2n) is 5.57. The highest BCUT2D eigenvalue weighted by molar-refractivity contribution is 7.91. The van der Waals surface area contributed by atoms with Crippen molar-refractivity contribution in [2.24, 2.45) is 0 Å². The van der Waals surface area contributed by atoms with Crippen LogP contribution in [0.4, 0.5) is 0 Å². The van der Waals surface area contributed by atoms with Gasteiger partial charge in [0.1, 0.15) is 0 Å². The maximum absolute atomic E-state index is 12.5. The molecule has 23 heavy (non-hydrogen) atoms. The van der Waals surface area contributed by atoms with Gasteiger partial charge in [0, 0.05) is 12.6 Å². The van der Waals surface area contributed by atoms with E-state index in [0.717, 1.165) is 0 Å². The van der Waals surface area contributed by atoms with E-state index in [9.17, 15) is 18.0 Å². The summed E-state index contributed by atoms with van der Waals surface area (Å²) in [4.78, 5) is 25.0. The van der Waals surface area contributed by atoms with Crippen molar-refractivity contribution in [1.29, 1.82) is 0 Å². The van der Waals surface area contributed by atoms with E-state index in [-0.39, 0.29) is 42.0 Å². The second kappa shape index (κ2) is 6.95. The maximum Gasteiger partial charge on any atom is 0.335 e. The van der Waals surface area contributed by atoms with Crippen LogP contribution in [0.2, 0.25) is 0 Å². The monoisotopic (exact) mass is 337 g/mol. The van der Waals surface area contributed by atoms with Gasteiger partial charge in [0.2, 0.25) is 5.91 Å². The summed E-state index contributed by atoms with van der Waals surface area (Å²) in [5.41, 5.74) is 0.707. The van der Waals surface area contributed by atoms with Gasteiger partial charge in [-0.05, 0) is 24.1 Å². The predicted octanol–water partition coefficient (Wildman–Crippen LogP) is 1.13. The number of aromatic carboxylic acids is 1. The minimum Gasteiger partial charge on any atom is -0.478 e. The zero-order chi connectivity index (χ0) is 17.0. The van der Waals surface area contributed by atoms with Gasteiger partial charge < -0.3 is 10.0 Å². The van der Waals surface area contributed by atoms with Crippen LogP contribution in [0.15, 0.2) is 36.9 Å². The van der Waals surface area contributed by atoms with Crippen LogP contribution >= 0.6 is 0 Å². The van der Waals surface area contributed by atoms with Crippen LogP contribution in [0.25, 0.3) is 0 Å². The normalized spacial score (nSPS) is 19.2. The van der Waals surface area contributed by atoms with Crippen LogP contribution in [0.1, 0.15) is 22.3 Å². The Kier molecular flexibility index (Phi) is 5.20. The number of carbonyl (C=O) groups excluding carboxylic acids is 1. The third-order valence-corrected chi connectivity index (χ3v) is 5.57. The highest BCUT2D eigenvalue weighted by atomic mass is 32.2. The fourth-order valence-electron chi connectivity index (χ4n) is 2.71. The fourth-order valence-corrected chi connectivity index (χ4v) is 4.44. The van der Waals surface area contributed by atoms with Crippen molar-refractivity contribution in [1.82, 2.24) is 4.90 Å². The maximum atomic E-state index is 12.5. The van der Waals surface area contributed by atoms with E-state index in [1.54, 1.807) is 18.2 Å². The van der Waals surface area contributed by atoms with Gasteiger partial charge in [0.15, 0.2) is 9.84 Å². The Balaban J connectivity index is 2.14. The second-order valence-corrected chi connectivity index (χ2v) is 7.80. The Bertz CT molecular complexity index is 726. The molecule has 1 saturated heterocycles. The molecule has 0 spiro atoms. The van der Waals surface area contributed by atoms with Gasteiger partial charge in [0.05, 0.1) is 23.5 Å². The summed E-state index contributed by atoms with van der Waals surface area (Å²) in [5.74, 6) is -1.21. The Morgan fingerprint density at radius 3 is 2.70 bits per heavy atom. The fraction of sp³-hybridized carbons (Fsp3) is 0.375. The lowest BCUT2D eigenvalue weighted by atomic mass is 10.1. The van der Waals surface area contributed by atoms with E-state index < -0.39 is 15.8 Å². The molecule has 124 valence electrons. The highest BCUT2D eigenvalue weighted by Crippen LogP contribution is 2.19. The SMILES string of the molecule is C=CCN(C(=O)Cc1cccc(C(=O)O)c1)C1CCS(=O)(=O)C1. The third-order valence-electron chi connectivity index (χ3n) is 3.82. The minimum absolute atomic E-state index is 0.0260. The number of hydrogen-bond acceptors (Lipinski definition) is 4. The Morgan fingerprint density at radius 1 is 1.39 bits per heavy atom. The largest absolute Gasteiger partial charge is 0.478 e. The molecule has 1 unspecified atom stereocenters. The van der Waals surface area contributed by atoms with E-state index in [0.29, 0.717) is 12.0 Å². The number of rotatable bonds is 6. The van der Waals surface area contributed by atoms with Crippen LogP contribution in [-0.2, 0) is 21.1 Å². The summed E-state index contributed by atoms with van der Waals surface area (Å²) in [6.45, 7) is 3.89. The molecular weight excluding hydrogens is 318 g/mol. The molecule has 1 aromatic rings. The average molecular weight is 337 g/mol. The standard InChI is InChI=1S/C16H19NO5S/c1-2-7-17(14-6-8-23(21,22)11-14)15(18)10-12-4-3-5-13(9-12)16(19)20/h2-5,9,14H,1,6-8,10-11H2,(H,19,20). The minimum atomic E-state index is -3.09. The molecule has 1 atom stereocenters. The van der Waals surface area contributed by atoms with Crippen LogP contribution < -0.4 is 0 Å². The first kappa shape index (κ1) is 17.2. The molecule has 0 aliphatic carbocycles. The summed E-state index contributed by atoms with van der Waals surface area (Å²) >= 11 is 0. The van der Waals surface area contributed by atoms with Crippen LogP contribution in [0, 0.1) is 0 Å². The summed E-state index contributed by atoms with van der Waals surface area (Å²) in [7, 11) is -3.09. The molecule has 1 aromatic carbocycles. The van der Waals surface area contributed by atoms with Gasteiger partial charge in [-0.15, -0.1) is 6.58 Å². The lowest BCUT2D eigenvalue weighted by Gasteiger charge is -2.27. The zero-order valence-electron chi connectivity index (χ0n) is 12.6. The van der Waals surface area contributed by atoms with Gasteiger partial charge >= 0.3 is 5.97 Å². The molecule has 7 heteroatoms. The topological polar surface area (TPSA) is 91.8 Å². The smallest absolute Gasteiger partial charge is 0.335 e. The molecule has 1 aliphatic rings. The van der Waals surface area contributed by atoms with E-state index >= 15 is 0 Å². The molecule has 0 saturated carbocycles. The molecular formula is C16H19NO5S. The number of sulfone groups is 1. The van der Waals surface area contributed by atoms with Gasteiger partial charge in [-0.1, -0.05) is 18.2 Å². The summed E-state index contributed by atoms with van der Waals surface area (Å²) in [6, 6.07) is 5.85. The van der Waals surface area contributed by atoms with Crippen LogP contribution in [0.5, 0.6) is 0 Å². The molecule has 6 nitrogen and oxygen atoms in total. The zero-order valence-corrected chi connectivity index (χ0v) is 13.5. The van der Waals surface area contributed by atoms with Crippen molar-refractivity contribution in [3.63, 3.8) is 0 Å². The lowest BCUT2D eigenvalue weighted by molar-refractivity contribution is -0.131. The lowest BCUT2D eigenvalue weighted by Crippen LogP contribution is -2.42. The van der Waals surface area contributed by atoms with Crippen molar-refractivity contribution < 1.29 is 23.1 Å². The molecule has 1 heterocycles. The van der Waals surface area contributed by atoms with Gasteiger partial charge in [-0.2, -0.15) is 0 Å². The van der Waals surface area contributed by atoms with E-state index in [4.69, 9.17) is 5.11 Å². The molecule has 1 aliphatic heterocycles. The number of nitrogens with zero attached hydrogens (tertiary/aromatic N) is 1. The van der Waals surface area contributed by atoms with E-state index in [1.165, 1.54) is 17.0 Å². The average Bonchev–Trinajstić information content (AvgIpc) is 2.84. The first-order chi connectivity index (χ1) is 10.8. The molecule has 1 N–H and O–H groups in total. The number of carboxylic acid groups (broad SMARTS) is 1. The van der Waals surface area contributed by atoms with Gasteiger partial charge in [0.25, 0.3) is 0 Å². The molecule has 1 fully saturated rings. The van der Waals surface area contributed by atoms with Crippen molar-refractivity contribution in [3.05, 3.63) is 48.0 Å². The summed E-state index contributed by atoms with van der Waals surface area (Å²) in [6.07, 6.45) is 2.03. The van der Waals surface area contributed by atoms with Crippen molar-refractivity contribution in [2.75, 3.05) is 18.1 Å². The number of hydrogen-bond donors (Lipinski definition) is 1. The molecule has 1 amide bonds. The number of carboxylic acids is 1. The number of benzene rings is 1. The quantitative estimate of drug-likeness (QED) is 0.786. The van der Waals surface area contributed by atoms with E-state index in [1.807, 2.05) is 0 Å². The Labute approximate surface area is 135 Å². The van der Waals surface area contributed by atoms with Gasteiger partial charge in [-0.3, -0.25) is 4.79 Å². The number of carbonyl (C=O) groups is 2. The molecule has 0 aromatic heterocycles. The Hall–Kier alpha value is -2.15. The highest BCUT2D eigenvalue weighted by Gasteiger charge is 2.34. The van der Waals surface area contributed by atoms with Crippen molar-refractivity contribution in [2.45, 2.75) is 18.9 Å². The molecule has 0 radical (unpaired) electrons. The summed E-state index contributed by atoms with van der Waals surface area (Å²) < 4.78 is 23.2. The number of amides is 1. The molecule has 0 bridgehead atoms. The third kappa shape index (κ3) is 4.41. The first-order valence-corrected chi connectivity index (χ1v) is 9.07. The predicted molar refractivity (Wildman–Crippen MR) is 86.1 cm³/mol. The van der Waals surface area contributed by atoms with Gasteiger partial charge in [-0.25, -0.2) is 13.2 Å². The van der Waals surface area contributed by atoms with Crippen molar-refractivity contribution in [3.8, 4) is 0 Å². The van der Waals surface area contributed by atoms with E-state index in [2.05, 4.69) is 6.58 Å². The van der Waals surface area contributed by atoms with Crippen LogP contribution in [0.3, 0.4) is 0 Å². The van der Waals surface area contributed by atoms with Crippen molar-refractivity contribution >= 4 is 21.7 Å². The first-order valence-electron chi connectivity index (χ1n) is 7.25. The molecule has 2 rings (SSSR count). The Morgan fingerprint density at radius 2 is 2.13 bits per heavy atom.